The van der Waals surface area contributed by atoms with Crippen LogP contribution >= 0.6 is 0 Å². The first kappa shape index (κ1) is 18.5. The van der Waals surface area contributed by atoms with Crippen molar-refractivity contribution in [3.63, 3.8) is 0 Å². The second-order valence-electron chi connectivity index (χ2n) is 4.95. The second kappa shape index (κ2) is 12.0. The lowest BCUT2D eigenvalue weighted by Crippen LogP contribution is -2.02. The molecule has 0 saturated heterocycles. The first-order valence-electron chi connectivity index (χ1n) is 7.64. The molecule has 1 aromatic carbocycles. The highest BCUT2D eigenvalue weighted by Crippen LogP contribution is 2.22. The molecule has 0 aliphatic heterocycles. The number of hydrogen-bond acceptors (Lipinski definition) is 5. The fraction of sp³-hybridized carbons (Fsp3) is 0.588. The van der Waals surface area contributed by atoms with Crippen LogP contribution in [0.4, 0.5) is 0 Å². The van der Waals surface area contributed by atoms with Crippen LogP contribution in [0, 0.1) is 0 Å². The number of rotatable bonds is 13. The van der Waals surface area contributed by atoms with Gasteiger partial charge in [0, 0.05) is 39.1 Å². The molecular formula is C17H26O5. The molecule has 0 fully saturated rings. The lowest BCUT2D eigenvalue weighted by atomic mass is 10.2. The van der Waals surface area contributed by atoms with Crippen LogP contribution in [0.5, 0.6) is 11.5 Å². The Bertz CT molecular complexity index is 387. The summed E-state index contributed by atoms with van der Waals surface area (Å²) in [5.74, 6) is 1.32. The quantitative estimate of drug-likeness (QED) is 0.414. The van der Waals surface area contributed by atoms with Crippen LogP contribution in [0.3, 0.4) is 0 Å². The SMILES string of the molecule is COCCCCOc1cc(C=O)cc(OCCCCOC)c1. The fourth-order valence-electron chi connectivity index (χ4n) is 1.91. The van der Waals surface area contributed by atoms with Crippen molar-refractivity contribution in [2.45, 2.75) is 25.7 Å². The smallest absolute Gasteiger partial charge is 0.150 e. The van der Waals surface area contributed by atoms with Gasteiger partial charge < -0.3 is 18.9 Å². The van der Waals surface area contributed by atoms with Crippen LogP contribution < -0.4 is 9.47 Å². The number of carbonyl (C=O) groups excluding carboxylic acids is 1. The van der Waals surface area contributed by atoms with Gasteiger partial charge >= 0.3 is 0 Å². The van der Waals surface area contributed by atoms with Gasteiger partial charge in [-0.05, 0) is 37.8 Å². The van der Waals surface area contributed by atoms with E-state index in [0.29, 0.717) is 30.3 Å². The maximum atomic E-state index is 11.0. The predicted octanol–water partition coefficient (Wildman–Crippen LogP) is 3.11. The highest BCUT2D eigenvalue weighted by molar-refractivity contribution is 5.76. The minimum atomic E-state index is 0.557. The van der Waals surface area contributed by atoms with E-state index in [-0.39, 0.29) is 0 Å². The van der Waals surface area contributed by atoms with Crippen molar-refractivity contribution in [1.29, 1.82) is 0 Å². The largest absolute Gasteiger partial charge is 0.493 e. The summed E-state index contributed by atoms with van der Waals surface area (Å²) >= 11 is 0. The zero-order valence-electron chi connectivity index (χ0n) is 13.5. The second-order valence-corrected chi connectivity index (χ2v) is 4.95. The van der Waals surface area contributed by atoms with Crippen molar-refractivity contribution >= 4 is 6.29 Å². The molecule has 0 aliphatic carbocycles. The molecular weight excluding hydrogens is 284 g/mol. The maximum Gasteiger partial charge on any atom is 0.150 e. The molecule has 0 heterocycles. The van der Waals surface area contributed by atoms with E-state index < -0.39 is 0 Å². The van der Waals surface area contributed by atoms with E-state index in [4.69, 9.17) is 18.9 Å². The molecule has 0 N–H and O–H groups in total. The molecule has 0 saturated carbocycles. The molecule has 0 atom stereocenters. The third kappa shape index (κ3) is 8.00. The molecule has 0 radical (unpaired) electrons. The van der Waals surface area contributed by atoms with Crippen LogP contribution in [0.15, 0.2) is 18.2 Å². The molecule has 0 aliphatic rings. The average molecular weight is 310 g/mol. The van der Waals surface area contributed by atoms with Crippen LogP contribution in [0.2, 0.25) is 0 Å². The van der Waals surface area contributed by atoms with Crippen molar-refractivity contribution in [1.82, 2.24) is 0 Å². The zero-order valence-corrected chi connectivity index (χ0v) is 13.5. The number of benzene rings is 1. The molecule has 0 spiro atoms. The summed E-state index contributed by atoms with van der Waals surface area (Å²) < 4.78 is 21.3. The van der Waals surface area contributed by atoms with Crippen LogP contribution in [-0.2, 0) is 9.47 Å². The summed E-state index contributed by atoms with van der Waals surface area (Å²) in [5, 5.41) is 0. The standard InChI is InChI=1S/C17H26O5/c1-19-7-3-5-9-21-16-11-15(14-18)12-17(13-16)22-10-6-4-8-20-2/h11-14H,3-10H2,1-2H3. The normalized spacial score (nSPS) is 10.5. The Morgan fingerprint density at radius 1 is 0.773 bits per heavy atom. The van der Waals surface area contributed by atoms with Gasteiger partial charge in [0.05, 0.1) is 13.2 Å². The zero-order chi connectivity index (χ0) is 16.0. The predicted molar refractivity (Wildman–Crippen MR) is 85.0 cm³/mol. The van der Waals surface area contributed by atoms with Crippen molar-refractivity contribution < 1.29 is 23.7 Å². The summed E-state index contributed by atoms with van der Waals surface area (Å²) in [6.45, 7) is 2.65. The van der Waals surface area contributed by atoms with Crippen molar-refractivity contribution in [3.05, 3.63) is 23.8 Å². The lowest BCUT2D eigenvalue weighted by molar-refractivity contribution is 0.112. The van der Waals surface area contributed by atoms with Gasteiger partial charge in [-0.2, -0.15) is 0 Å². The van der Waals surface area contributed by atoms with E-state index >= 15 is 0 Å². The highest BCUT2D eigenvalue weighted by Gasteiger charge is 2.03. The highest BCUT2D eigenvalue weighted by atomic mass is 16.5. The van der Waals surface area contributed by atoms with Gasteiger partial charge in [0.25, 0.3) is 0 Å². The van der Waals surface area contributed by atoms with Crippen molar-refractivity contribution in [2.75, 3.05) is 40.6 Å². The Hall–Kier alpha value is -1.59. The molecule has 22 heavy (non-hydrogen) atoms. The molecule has 1 aromatic rings. The third-order valence-corrected chi connectivity index (χ3v) is 3.06. The van der Waals surface area contributed by atoms with E-state index in [1.165, 1.54) is 0 Å². The van der Waals surface area contributed by atoms with Gasteiger partial charge in [0.1, 0.15) is 17.8 Å². The van der Waals surface area contributed by atoms with E-state index in [1.807, 2.05) is 6.07 Å². The summed E-state index contributed by atoms with van der Waals surface area (Å²) in [7, 11) is 3.37. The van der Waals surface area contributed by atoms with Gasteiger partial charge in [-0.3, -0.25) is 4.79 Å². The first-order valence-corrected chi connectivity index (χ1v) is 7.64. The van der Waals surface area contributed by atoms with Crippen LogP contribution in [0.25, 0.3) is 0 Å². The van der Waals surface area contributed by atoms with Gasteiger partial charge in [-0.15, -0.1) is 0 Å². The van der Waals surface area contributed by atoms with Gasteiger partial charge in [0.15, 0.2) is 0 Å². The molecule has 124 valence electrons. The van der Waals surface area contributed by atoms with E-state index in [2.05, 4.69) is 0 Å². The number of ether oxygens (including phenoxy) is 4. The van der Waals surface area contributed by atoms with Crippen LogP contribution in [-0.4, -0.2) is 46.9 Å². The van der Waals surface area contributed by atoms with Gasteiger partial charge in [-0.25, -0.2) is 0 Å². The molecule has 0 bridgehead atoms. The number of methoxy groups -OCH3 is 2. The van der Waals surface area contributed by atoms with E-state index in [1.54, 1.807) is 26.4 Å². The molecule has 0 unspecified atom stereocenters. The van der Waals surface area contributed by atoms with Gasteiger partial charge in [-0.1, -0.05) is 0 Å². The Labute approximate surface area is 132 Å². The fourth-order valence-corrected chi connectivity index (χ4v) is 1.91. The topological polar surface area (TPSA) is 54.0 Å². The summed E-state index contributed by atoms with van der Waals surface area (Å²) in [6.07, 6.45) is 4.52. The summed E-state index contributed by atoms with van der Waals surface area (Å²) in [4.78, 5) is 11.0. The van der Waals surface area contributed by atoms with E-state index in [9.17, 15) is 4.79 Å². The Morgan fingerprint density at radius 2 is 1.23 bits per heavy atom. The first-order chi connectivity index (χ1) is 10.8. The van der Waals surface area contributed by atoms with E-state index in [0.717, 1.165) is 45.2 Å². The molecule has 1 rings (SSSR count). The van der Waals surface area contributed by atoms with Crippen molar-refractivity contribution in [2.24, 2.45) is 0 Å². The molecule has 5 heteroatoms. The Kier molecular flexibility index (Phi) is 10.1. The van der Waals surface area contributed by atoms with Gasteiger partial charge in [0.2, 0.25) is 0 Å². The molecule has 0 aromatic heterocycles. The summed E-state index contributed by atoms with van der Waals surface area (Å²) in [6, 6.07) is 5.27. The van der Waals surface area contributed by atoms with Crippen LogP contribution in [0.1, 0.15) is 36.0 Å². The minimum Gasteiger partial charge on any atom is -0.493 e. The molecule has 5 nitrogen and oxygen atoms in total. The third-order valence-electron chi connectivity index (χ3n) is 3.06. The minimum absolute atomic E-state index is 0.557. The number of hydrogen-bond donors (Lipinski definition) is 0. The maximum absolute atomic E-state index is 11.0. The van der Waals surface area contributed by atoms with Crippen molar-refractivity contribution in [3.8, 4) is 11.5 Å². The number of unbranched alkanes of at least 4 members (excludes halogenated alkanes) is 2. The number of aldehydes is 1. The lowest BCUT2D eigenvalue weighted by Gasteiger charge is -2.11. The average Bonchev–Trinajstić information content (AvgIpc) is 2.54. The number of carbonyl (C=O) groups is 1. The summed E-state index contributed by atoms with van der Waals surface area (Å²) in [5.41, 5.74) is 0.557. The molecule has 0 amide bonds. The Balaban J connectivity index is 2.44. The Morgan fingerprint density at radius 3 is 1.64 bits per heavy atom. The monoisotopic (exact) mass is 310 g/mol.